The van der Waals surface area contributed by atoms with Crippen molar-refractivity contribution in [3.63, 3.8) is 0 Å². The zero-order valence-electron chi connectivity index (χ0n) is 14.7. The molecular formula is C19H18ClN5O2. The summed E-state index contributed by atoms with van der Waals surface area (Å²) in [4.78, 5) is 19.7. The van der Waals surface area contributed by atoms with Crippen molar-refractivity contribution in [1.82, 2.24) is 19.7 Å². The first-order valence-electron chi connectivity index (χ1n) is 8.36. The van der Waals surface area contributed by atoms with E-state index in [9.17, 15) is 4.79 Å². The molecule has 0 radical (unpaired) electrons. The lowest BCUT2D eigenvalue weighted by molar-refractivity contribution is -0.137. The number of carbonyl (C=O) groups excluding carboxylic acids is 1. The fourth-order valence-corrected chi connectivity index (χ4v) is 2.49. The third-order valence-corrected chi connectivity index (χ3v) is 3.82. The third kappa shape index (κ3) is 5.15. The summed E-state index contributed by atoms with van der Waals surface area (Å²) in [5, 5.41) is 7.55. The second-order valence-corrected chi connectivity index (χ2v) is 5.84. The Morgan fingerprint density at radius 2 is 2.15 bits per heavy atom. The van der Waals surface area contributed by atoms with Gasteiger partial charge in [-0.05, 0) is 48.4 Å². The number of rotatable bonds is 7. The van der Waals surface area contributed by atoms with E-state index in [0.717, 1.165) is 11.3 Å². The van der Waals surface area contributed by atoms with E-state index >= 15 is 0 Å². The first-order chi connectivity index (χ1) is 13.2. The molecule has 138 valence electrons. The molecule has 0 bridgehead atoms. The largest absolute Gasteiger partial charge is 0.463 e. The number of ether oxygens (including phenoxy) is 1. The van der Waals surface area contributed by atoms with Gasteiger partial charge in [0.05, 0.1) is 12.3 Å². The second-order valence-electron chi connectivity index (χ2n) is 5.50. The molecule has 27 heavy (non-hydrogen) atoms. The molecule has 7 nitrogen and oxygen atoms in total. The van der Waals surface area contributed by atoms with Crippen molar-refractivity contribution in [2.45, 2.75) is 13.5 Å². The predicted octanol–water partition coefficient (Wildman–Crippen LogP) is 3.50. The topological polar surface area (TPSA) is 81.9 Å². The molecule has 1 aromatic carbocycles. The minimum Gasteiger partial charge on any atom is -0.463 e. The standard InChI is InChI=1S/C19H18ClN5O2/c1-2-27-17(26)9-6-15-13-22-19(20)24-18(15)21-12-14-4-7-16(8-5-14)25-11-3-10-23-25/h3-11,13H,2,12H2,1H3,(H,21,22,24)/b9-6+. The molecule has 0 unspecified atom stereocenters. The summed E-state index contributed by atoms with van der Waals surface area (Å²) in [5.74, 6) is 0.110. The molecule has 1 N–H and O–H groups in total. The van der Waals surface area contributed by atoms with Crippen molar-refractivity contribution in [1.29, 1.82) is 0 Å². The summed E-state index contributed by atoms with van der Waals surface area (Å²) in [6.45, 7) is 2.61. The number of esters is 1. The summed E-state index contributed by atoms with van der Waals surface area (Å²) in [6.07, 6.45) is 8.10. The van der Waals surface area contributed by atoms with Crippen LogP contribution in [0.15, 0.2) is 55.0 Å². The molecule has 2 heterocycles. The maximum atomic E-state index is 11.5. The van der Waals surface area contributed by atoms with Crippen molar-refractivity contribution in [2.24, 2.45) is 0 Å². The van der Waals surface area contributed by atoms with Crippen molar-refractivity contribution >= 4 is 29.5 Å². The summed E-state index contributed by atoms with van der Waals surface area (Å²) in [7, 11) is 0. The minimum absolute atomic E-state index is 0.125. The molecule has 0 atom stereocenters. The van der Waals surface area contributed by atoms with Crippen LogP contribution in [0.5, 0.6) is 0 Å². The van der Waals surface area contributed by atoms with E-state index in [0.29, 0.717) is 24.5 Å². The Labute approximate surface area is 161 Å². The fourth-order valence-electron chi connectivity index (χ4n) is 2.36. The van der Waals surface area contributed by atoms with Gasteiger partial charge < -0.3 is 10.1 Å². The average Bonchev–Trinajstić information content (AvgIpc) is 3.21. The van der Waals surface area contributed by atoms with Crippen LogP contribution in [0.4, 0.5) is 5.82 Å². The van der Waals surface area contributed by atoms with Crippen LogP contribution >= 0.6 is 11.6 Å². The van der Waals surface area contributed by atoms with E-state index in [2.05, 4.69) is 20.4 Å². The van der Waals surface area contributed by atoms with Gasteiger partial charge in [0.2, 0.25) is 5.28 Å². The molecule has 0 saturated heterocycles. The lowest BCUT2D eigenvalue weighted by Crippen LogP contribution is -2.05. The van der Waals surface area contributed by atoms with E-state index in [1.54, 1.807) is 30.1 Å². The van der Waals surface area contributed by atoms with Crippen LogP contribution in [0.3, 0.4) is 0 Å². The molecular weight excluding hydrogens is 366 g/mol. The fraction of sp³-hybridized carbons (Fsp3) is 0.158. The highest BCUT2D eigenvalue weighted by atomic mass is 35.5. The van der Waals surface area contributed by atoms with Crippen LogP contribution in [0.1, 0.15) is 18.1 Å². The molecule has 8 heteroatoms. The highest BCUT2D eigenvalue weighted by Gasteiger charge is 2.06. The number of hydrogen-bond donors (Lipinski definition) is 1. The number of benzene rings is 1. The Morgan fingerprint density at radius 3 is 2.85 bits per heavy atom. The molecule has 0 saturated carbocycles. The van der Waals surface area contributed by atoms with E-state index in [4.69, 9.17) is 16.3 Å². The predicted molar refractivity (Wildman–Crippen MR) is 104 cm³/mol. The van der Waals surface area contributed by atoms with Crippen molar-refractivity contribution < 1.29 is 9.53 Å². The highest BCUT2D eigenvalue weighted by molar-refractivity contribution is 6.28. The second kappa shape index (κ2) is 8.95. The van der Waals surface area contributed by atoms with Crippen LogP contribution in [0.2, 0.25) is 5.28 Å². The number of anilines is 1. The Kier molecular flexibility index (Phi) is 6.17. The van der Waals surface area contributed by atoms with Gasteiger partial charge in [-0.2, -0.15) is 5.10 Å². The summed E-state index contributed by atoms with van der Waals surface area (Å²) in [6, 6.07) is 9.85. The Morgan fingerprint density at radius 1 is 1.33 bits per heavy atom. The van der Waals surface area contributed by atoms with Crippen LogP contribution in [-0.4, -0.2) is 32.3 Å². The van der Waals surface area contributed by atoms with Gasteiger partial charge in [-0.3, -0.25) is 0 Å². The van der Waals surface area contributed by atoms with Gasteiger partial charge in [0, 0.05) is 36.8 Å². The Balaban J connectivity index is 1.70. The number of carbonyl (C=O) groups is 1. The van der Waals surface area contributed by atoms with Gasteiger partial charge in [-0.1, -0.05) is 12.1 Å². The van der Waals surface area contributed by atoms with Gasteiger partial charge in [0.15, 0.2) is 0 Å². The maximum Gasteiger partial charge on any atom is 0.330 e. The van der Waals surface area contributed by atoms with Gasteiger partial charge in [-0.25, -0.2) is 19.4 Å². The maximum absolute atomic E-state index is 11.5. The number of halogens is 1. The molecule has 0 aliphatic heterocycles. The van der Waals surface area contributed by atoms with Gasteiger partial charge in [-0.15, -0.1) is 0 Å². The molecule has 0 aliphatic rings. The molecule has 2 aromatic heterocycles. The highest BCUT2D eigenvalue weighted by Crippen LogP contribution is 2.17. The van der Waals surface area contributed by atoms with E-state index in [-0.39, 0.29) is 5.28 Å². The molecule has 0 aliphatic carbocycles. The van der Waals surface area contributed by atoms with Crippen molar-refractivity contribution in [2.75, 3.05) is 11.9 Å². The minimum atomic E-state index is -0.424. The summed E-state index contributed by atoms with van der Waals surface area (Å²) in [5.41, 5.74) is 2.67. The van der Waals surface area contributed by atoms with Crippen LogP contribution in [-0.2, 0) is 16.1 Å². The van der Waals surface area contributed by atoms with Crippen molar-refractivity contribution in [3.8, 4) is 5.69 Å². The molecule has 3 aromatic rings. The molecule has 0 spiro atoms. The average molecular weight is 384 g/mol. The summed E-state index contributed by atoms with van der Waals surface area (Å²) >= 11 is 5.90. The van der Waals surface area contributed by atoms with Crippen LogP contribution in [0, 0.1) is 0 Å². The Hall–Kier alpha value is -3.19. The number of aromatic nitrogens is 4. The molecule has 0 amide bonds. The molecule has 0 fully saturated rings. The lowest BCUT2D eigenvalue weighted by atomic mass is 10.2. The number of nitrogens with one attached hydrogen (secondary N) is 1. The number of hydrogen-bond acceptors (Lipinski definition) is 6. The van der Waals surface area contributed by atoms with E-state index in [1.165, 1.54) is 6.08 Å². The lowest BCUT2D eigenvalue weighted by Gasteiger charge is -2.09. The van der Waals surface area contributed by atoms with E-state index < -0.39 is 5.97 Å². The quantitative estimate of drug-likeness (QED) is 0.382. The SMILES string of the molecule is CCOC(=O)/C=C/c1cnc(Cl)nc1NCc1ccc(-n2cccn2)cc1. The zero-order chi connectivity index (χ0) is 19.1. The first-order valence-corrected chi connectivity index (χ1v) is 8.73. The third-order valence-electron chi connectivity index (χ3n) is 3.64. The van der Waals surface area contributed by atoms with Crippen LogP contribution < -0.4 is 5.32 Å². The smallest absolute Gasteiger partial charge is 0.330 e. The number of nitrogens with zero attached hydrogens (tertiary/aromatic N) is 4. The summed E-state index contributed by atoms with van der Waals surface area (Å²) < 4.78 is 6.67. The van der Waals surface area contributed by atoms with Crippen LogP contribution in [0.25, 0.3) is 11.8 Å². The first kappa shape index (κ1) is 18.6. The van der Waals surface area contributed by atoms with Gasteiger partial charge >= 0.3 is 5.97 Å². The van der Waals surface area contributed by atoms with Crippen molar-refractivity contribution in [3.05, 3.63) is 71.4 Å². The zero-order valence-corrected chi connectivity index (χ0v) is 15.4. The van der Waals surface area contributed by atoms with E-state index in [1.807, 2.05) is 36.5 Å². The molecule has 3 rings (SSSR count). The Bertz CT molecular complexity index is 924. The van der Waals surface area contributed by atoms with Gasteiger partial charge in [0.25, 0.3) is 0 Å². The monoisotopic (exact) mass is 383 g/mol. The van der Waals surface area contributed by atoms with Gasteiger partial charge in [0.1, 0.15) is 5.82 Å². The normalized spacial score (nSPS) is 10.9.